The van der Waals surface area contributed by atoms with E-state index in [9.17, 15) is 4.79 Å². The quantitative estimate of drug-likeness (QED) is 0.672. The van der Waals surface area contributed by atoms with Crippen LogP contribution in [0.5, 0.6) is 0 Å². The van der Waals surface area contributed by atoms with Gasteiger partial charge in [0.2, 0.25) is 5.60 Å². The SMILES string of the molecule is CCCOC(=O)C1(C)CC(C(C)C)=NO1. The third-order valence-electron chi connectivity index (χ3n) is 2.42. The number of carbonyl (C=O) groups is 1. The Morgan fingerprint density at radius 3 is 2.80 bits per heavy atom. The lowest BCUT2D eigenvalue weighted by atomic mass is 9.94. The minimum Gasteiger partial charge on any atom is -0.463 e. The van der Waals surface area contributed by atoms with Crippen molar-refractivity contribution in [1.29, 1.82) is 0 Å². The van der Waals surface area contributed by atoms with Gasteiger partial charge in [-0.05, 0) is 19.3 Å². The number of hydrogen-bond donors (Lipinski definition) is 0. The van der Waals surface area contributed by atoms with Crippen LogP contribution in [-0.2, 0) is 14.4 Å². The number of esters is 1. The van der Waals surface area contributed by atoms with Crippen LogP contribution in [0.15, 0.2) is 5.16 Å². The van der Waals surface area contributed by atoms with Crippen molar-refractivity contribution in [2.24, 2.45) is 11.1 Å². The Morgan fingerprint density at radius 2 is 2.33 bits per heavy atom. The Balaban J connectivity index is 2.54. The zero-order valence-corrected chi connectivity index (χ0v) is 9.87. The lowest BCUT2D eigenvalue weighted by Crippen LogP contribution is -2.37. The Labute approximate surface area is 90.6 Å². The van der Waals surface area contributed by atoms with Crippen LogP contribution in [0.2, 0.25) is 0 Å². The number of oxime groups is 1. The van der Waals surface area contributed by atoms with E-state index in [1.807, 2.05) is 20.8 Å². The fourth-order valence-corrected chi connectivity index (χ4v) is 1.34. The van der Waals surface area contributed by atoms with Crippen LogP contribution in [-0.4, -0.2) is 23.9 Å². The predicted octanol–water partition coefficient (Wildman–Crippen LogP) is 2.13. The molecule has 0 fully saturated rings. The van der Waals surface area contributed by atoms with E-state index >= 15 is 0 Å². The largest absolute Gasteiger partial charge is 0.463 e. The Kier molecular flexibility index (Phi) is 3.72. The topological polar surface area (TPSA) is 47.9 Å². The van der Waals surface area contributed by atoms with Crippen LogP contribution < -0.4 is 0 Å². The maximum atomic E-state index is 11.7. The zero-order chi connectivity index (χ0) is 11.5. The number of hydrogen-bond acceptors (Lipinski definition) is 4. The van der Waals surface area contributed by atoms with Crippen molar-refractivity contribution in [3.63, 3.8) is 0 Å². The van der Waals surface area contributed by atoms with Gasteiger partial charge in [0, 0.05) is 6.42 Å². The lowest BCUT2D eigenvalue weighted by molar-refractivity contribution is -0.167. The molecule has 0 saturated heterocycles. The Bertz CT molecular complexity index is 273. The molecular formula is C11H19NO3. The van der Waals surface area contributed by atoms with E-state index in [2.05, 4.69) is 5.16 Å². The fraction of sp³-hybridized carbons (Fsp3) is 0.818. The lowest BCUT2D eigenvalue weighted by Gasteiger charge is -2.19. The van der Waals surface area contributed by atoms with Crippen molar-refractivity contribution in [2.45, 2.75) is 46.1 Å². The molecule has 15 heavy (non-hydrogen) atoms. The zero-order valence-electron chi connectivity index (χ0n) is 9.87. The highest BCUT2D eigenvalue weighted by Crippen LogP contribution is 2.27. The summed E-state index contributed by atoms with van der Waals surface area (Å²) in [5.41, 5.74) is 0.0142. The minimum absolute atomic E-state index is 0.311. The van der Waals surface area contributed by atoms with Gasteiger partial charge in [-0.1, -0.05) is 25.9 Å². The Morgan fingerprint density at radius 1 is 1.67 bits per heavy atom. The summed E-state index contributed by atoms with van der Waals surface area (Å²) < 4.78 is 5.07. The molecule has 1 unspecified atom stereocenters. The second-order valence-corrected chi connectivity index (χ2v) is 4.37. The van der Waals surface area contributed by atoms with E-state index in [4.69, 9.17) is 9.57 Å². The first-order chi connectivity index (χ1) is 6.99. The summed E-state index contributed by atoms with van der Waals surface area (Å²) in [5.74, 6) is -0.00505. The van der Waals surface area contributed by atoms with Crippen LogP contribution in [0.3, 0.4) is 0 Å². The smallest absolute Gasteiger partial charge is 0.353 e. The molecule has 1 rings (SSSR count). The van der Waals surface area contributed by atoms with Gasteiger partial charge in [-0.25, -0.2) is 4.79 Å². The molecule has 1 heterocycles. The van der Waals surface area contributed by atoms with Crippen LogP contribution in [0.4, 0.5) is 0 Å². The highest BCUT2D eigenvalue weighted by Gasteiger charge is 2.43. The first-order valence-corrected chi connectivity index (χ1v) is 5.41. The van der Waals surface area contributed by atoms with E-state index in [1.165, 1.54) is 0 Å². The molecule has 0 aliphatic carbocycles. The summed E-state index contributed by atoms with van der Waals surface area (Å²) in [7, 11) is 0. The van der Waals surface area contributed by atoms with E-state index in [1.54, 1.807) is 6.92 Å². The van der Waals surface area contributed by atoms with Crippen molar-refractivity contribution in [3.05, 3.63) is 0 Å². The summed E-state index contributed by atoms with van der Waals surface area (Å²) in [5, 5.41) is 3.93. The Hall–Kier alpha value is -1.06. The van der Waals surface area contributed by atoms with Gasteiger partial charge in [0.15, 0.2) is 0 Å². The van der Waals surface area contributed by atoms with Gasteiger partial charge < -0.3 is 9.57 Å². The molecule has 0 aromatic rings. The fourth-order valence-electron chi connectivity index (χ4n) is 1.34. The maximum Gasteiger partial charge on any atom is 0.353 e. The third-order valence-corrected chi connectivity index (χ3v) is 2.42. The highest BCUT2D eigenvalue weighted by molar-refractivity contribution is 5.94. The molecule has 0 radical (unpaired) electrons. The van der Waals surface area contributed by atoms with Crippen molar-refractivity contribution in [1.82, 2.24) is 0 Å². The van der Waals surface area contributed by atoms with Crippen molar-refractivity contribution in [3.8, 4) is 0 Å². The summed E-state index contributed by atoms with van der Waals surface area (Å²) >= 11 is 0. The standard InChI is InChI=1S/C11H19NO3/c1-5-6-14-10(13)11(4)7-9(8(2)3)12-15-11/h8H,5-7H2,1-4H3. The molecule has 0 aromatic heterocycles. The molecule has 0 N–H and O–H groups in total. The molecular weight excluding hydrogens is 194 g/mol. The maximum absolute atomic E-state index is 11.7. The molecule has 0 spiro atoms. The summed E-state index contributed by atoms with van der Waals surface area (Å²) in [6.07, 6.45) is 1.35. The van der Waals surface area contributed by atoms with Gasteiger partial charge in [-0.3, -0.25) is 0 Å². The van der Waals surface area contributed by atoms with Crippen molar-refractivity contribution in [2.75, 3.05) is 6.61 Å². The predicted molar refractivity (Wildman–Crippen MR) is 57.6 cm³/mol. The van der Waals surface area contributed by atoms with Gasteiger partial charge in [0.1, 0.15) is 0 Å². The van der Waals surface area contributed by atoms with E-state index < -0.39 is 5.60 Å². The third kappa shape index (κ3) is 2.70. The number of nitrogens with zero attached hydrogens (tertiary/aromatic N) is 1. The molecule has 86 valence electrons. The minimum atomic E-state index is -0.908. The molecule has 4 heteroatoms. The van der Waals surface area contributed by atoms with Crippen molar-refractivity contribution >= 4 is 11.7 Å². The molecule has 1 aliphatic heterocycles. The summed E-state index contributed by atoms with van der Waals surface area (Å²) in [6.45, 7) is 8.19. The molecule has 0 bridgehead atoms. The van der Waals surface area contributed by atoms with E-state index in [0.717, 1.165) is 12.1 Å². The monoisotopic (exact) mass is 213 g/mol. The molecule has 4 nitrogen and oxygen atoms in total. The number of rotatable bonds is 4. The van der Waals surface area contributed by atoms with E-state index in [-0.39, 0.29) is 5.97 Å². The average molecular weight is 213 g/mol. The normalized spacial score (nSPS) is 25.0. The average Bonchev–Trinajstić information content (AvgIpc) is 2.59. The number of ether oxygens (including phenoxy) is 1. The molecule has 1 atom stereocenters. The van der Waals surface area contributed by atoms with Gasteiger partial charge in [0.25, 0.3) is 0 Å². The summed E-state index contributed by atoms with van der Waals surface area (Å²) in [4.78, 5) is 16.9. The molecule has 1 aliphatic rings. The number of carbonyl (C=O) groups excluding carboxylic acids is 1. The molecule has 0 saturated carbocycles. The second kappa shape index (κ2) is 4.64. The second-order valence-electron chi connectivity index (χ2n) is 4.37. The van der Waals surface area contributed by atoms with Crippen LogP contribution in [0.1, 0.15) is 40.5 Å². The summed E-state index contributed by atoms with van der Waals surface area (Å²) in [6, 6.07) is 0. The van der Waals surface area contributed by atoms with Gasteiger partial charge >= 0.3 is 5.97 Å². The van der Waals surface area contributed by atoms with Crippen LogP contribution >= 0.6 is 0 Å². The molecule has 0 aromatic carbocycles. The molecule has 0 amide bonds. The van der Waals surface area contributed by atoms with E-state index in [0.29, 0.717) is 18.9 Å². The van der Waals surface area contributed by atoms with Gasteiger partial charge in [0.05, 0.1) is 12.3 Å². The van der Waals surface area contributed by atoms with Crippen LogP contribution in [0, 0.1) is 5.92 Å². The van der Waals surface area contributed by atoms with Crippen LogP contribution in [0.25, 0.3) is 0 Å². The van der Waals surface area contributed by atoms with Gasteiger partial charge in [-0.15, -0.1) is 0 Å². The first kappa shape index (κ1) is 12.0. The highest BCUT2D eigenvalue weighted by atomic mass is 16.7. The van der Waals surface area contributed by atoms with Crippen molar-refractivity contribution < 1.29 is 14.4 Å². The van der Waals surface area contributed by atoms with Gasteiger partial charge in [-0.2, -0.15) is 0 Å². The first-order valence-electron chi connectivity index (χ1n) is 5.41.